The van der Waals surface area contributed by atoms with Crippen LogP contribution in [-0.4, -0.2) is 39.5 Å². The summed E-state index contributed by atoms with van der Waals surface area (Å²) < 4.78 is 16.7. The number of amidine groups is 1. The first-order valence-corrected chi connectivity index (χ1v) is 15.0. The Morgan fingerprint density at radius 2 is 2.00 bits per heavy atom. The van der Waals surface area contributed by atoms with Crippen LogP contribution in [0.5, 0.6) is 0 Å². The van der Waals surface area contributed by atoms with Crippen LogP contribution in [0, 0.1) is 11.7 Å². The number of hydrogen-bond donors (Lipinski definition) is 4. The summed E-state index contributed by atoms with van der Waals surface area (Å²) in [6, 6.07) is 13.5. The Morgan fingerprint density at radius 3 is 2.71 bits per heavy atom. The molecule has 6 N–H and O–H groups in total. The lowest BCUT2D eigenvalue weighted by atomic mass is 10.00. The molecule has 0 spiro atoms. The van der Waals surface area contributed by atoms with Gasteiger partial charge in [0, 0.05) is 35.8 Å². The van der Waals surface area contributed by atoms with Gasteiger partial charge < -0.3 is 21.8 Å². The summed E-state index contributed by atoms with van der Waals surface area (Å²) >= 11 is 6.29. The van der Waals surface area contributed by atoms with Gasteiger partial charge in [0.15, 0.2) is 5.82 Å². The molecule has 0 saturated heterocycles. The fourth-order valence-corrected chi connectivity index (χ4v) is 5.55. The van der Waals surface area contributed by atoms with Crippen LogP contribution < -0.4 is 22.5 Å². The number of aromatic nitrogens is 3. The Balaban J connectivity index is 1.31. The molecule has 2 atom stereocenters. The summed E-state index contributed by atoms with van der Waals surface area (Å²) in [6.07, 6.45) is 7.70. The van der Waals surface area contributed by atoms with Crippen molar-refractivity contribution in [3.05, 3.63) is 81.1 Å². The number of fused-ring (bicyclic) bond motifs is 1. The van der Waals surface area contributed by atoms with Gasteiger partial charge >= 0.3 is 5.69 Å². The fraction of sp³-hybridized carbons (Fsp3) is 0.406. The predicted octanol–water partition coefficient (Wildman–Crippen LogP) is 5.65. The molecule has 1 aliphatic rings. The molecule has 0 bridgehead atoms. The van der Waals surface area contributed by atoms with Gasteiger partial charge in [-0.2, -0.15) is 4.98 Å². The van der Waals surface area contributed by atoms with E-state index in [-0.39, 0.29) is 17.1 Å². The van der Waals surface area contributed by atoms with Gasteiger partial charge in [-0.1, -0.05) is 23.7 Å². The number of aromatic amines is 1. The highest BCUT2D eigenvalue weighted by atomic mass is 35.5. The van der Waals surface area contributed by atoms with E-state index in [4.69, 9.17) is 23.1 Å². The van der Waals surface area contributed by atoms with E-state index in [1.807, 2.05) is 30.3 Å². The second-order valence-corrected chi connectivity index (χ2v) is 11.8. The predicted molar refractivity (Wildman–Crippen MR) is 169 cm³/mol. The summed E-state index contributed by atoms with van der Waals surface area (Å²) in [5.74, 6) is 0.752. The molecule has 5 rings (SSSR count). The first-order valence-electron chi connectivity index (χ1n) is 14.7. The number of rotatable bonds is 13. The Hall–Kier alpha value is -3.53. The largest absolute Gasteiger partial charge is 0.388 e. The Morgan fingerprint density at radius 1 is 1.24 bits per heavy atom. The molecule has 8 nitrogen and oxygen atoms in total. The van der Waals surface area contributed by atoms with Crippen LogP contribution in [0.2, 0.25) is 5.02 Å². The van der Waals surface area contributed by atoms with Gasteiger partial charge in [0.1, 0.15) is 5.65 Å². The summed E-state index contributed by atoms with van der Waals surface area (Å²) in [5, 5.41) is 4.24. The quantitative estimate of drug-likeness (QED) is 0.0907. The lowest BCUT2D eigenvalue weighted by Gasteiger charge is -2.15. The van der Waals surface area contributed by atoms with Crippen LogP contribution in [0.4, 0.5) is 4.39 Å². The average molecular weight is 592 g/mol. The van der Waals surface area contributed by atoms with Crippen molar-refractivity contribution < 1.29 is 4.39 Å². The maximum Gasteiger partial charge on any atom is 0.354 e. The SMILES string of the molecule is CC(N)=NCCCNC(C)c1ccc(-n2cc3cc(-c4cc(CCCC(N)C5CC5)cc(Cl)c4F)[nH]c3nc2=O)cc1. The van der Waals surface area contributed by atoms with Crippen LogP contribution in [-0.2, 0) is 6.42 Å². The van der Waals surface area contributed by atoms with Crippen LogP contribution in [0.3, 0.4) is 0 Å². The van der Waals surface area contributed by atoms with Gasteiger partial charge in [0.2, 0.25) is 0 Å². The molecule has 0 radical (unpaired) electrons. The first kappa shape index (κ1) is 29.9. The molecule has 222 valence electrons. The molecular formula is C32H39ClFN7O. The van der Waals surface area contributed by atoms with E-state index in [1.165, 1.54) is 17.4 Å². The van der Waals surface area contributed by atoms with Gasteiger partial charge in [-0.05, 0) is 106 Å². The second kappa shape index (κ2) is 13.2. The van der Waals surface area contributed by atoms with E-state index < -0.39 is 11.5 Å². The van der Waals surface area contributed by atoms with E-state index in [2.05, 4.69) is 27.2 Å². The van der Waals surface area contributed by atoms with Gasteiger partial charge in [0.25, 0.3) is 0 Å². The number of hydrogen-bond acceptors (Lipinski definition) is 5. The average Bonchev–Trinajstić information content (AvgIpc) is 3.74. The highest BCUT2D eigenvalue weighted by Crippen LogP contribution is 2.34. The molecule has 4 aromatic rings. The maximum absolute atomic E-state index is 15.2. The van der Waals surface area contributed by atoms with Crippen molar-refractivity contribution in [2.45, 2.75) is 64.5 Å². The zero-order chi connectivity index (χ0) is 29.8. The summed E-state index contributed by atoms with van der Waals surface area (Å²) in [6.45, 7) is 5.39. The highest BCUT2D eigenvalue weighted by molar-refractivity contribution is 6.31. The van der Waals surface area contributed by atoms with Crippen LogP contribution >= 0.6 is 11.6 Å². The number of aryl methyl sites for hydroxylation is 1. The molecule has 2 aromatic carbocycles. The van der Waals surface area contributed by atoms with E-state index in [0.717, 1.165) is 43.4 Å². The molecule has 0 aliphatic heterocycles. The third kappa shape index (κ3) is 7.27. The molecular weight excluding hydrogens is 553 g/mol. The number of nitrogens with two attached hydrogens (primary N) is 2. The molecule has 2 heterocycles. The zero-order valence-electron chi connectivity index (χ0n) is 24.2. The van der Waals surface area contributed by atoms with Crippen molar-refractivity contribution in [1.82, 2.24) is 19.9 Å². The number of H-pyrrole nitrogens is 1. The molecule has 42 heavy (non-hydrogen) atoms. The van der Waals surface area contributed by atoms with Gasteiger partial charge in [-0.25, -0.2) is 9.18 Å². The Bertz CT molecular complexity index is 1620. The van der Waals surface area contributed by atoms with Crippen molar-refractivity contribution in [2.75, 3.05) is 13.1 Å². The van der Waals surface area contributed by atoms with Crippen LogP contribution in [0.25, 0.3) is 28.0 Å². The van der Waals surface area contributed by atoms with Crippen molar-refractivity contribution >= 4 is 28.5 Å². The highest BCUT2D eigenvalue weighted by Gasteiger charge is 2.27. The Labute approximate surface area is 250 Å². The number of nitrogens with zero attached hydrogens (tertiary/aromatic N) is 3. The molecule has 1 aliphatic carbocycles. The van der Waals surface area contributed by atoms with E-state index >= 15 is 4.39 Å². The third-order valence-electron chi connectivity index (χ3n) is 7.93. The maximum atomic E-state index is 15.2. The fourth-order valence-electron chi connectivity index (χ4n) is 5.31. The minimum atomic E-state index is -0.502. The van der Waals surface area contributed by atoms with Crippen molar-refractivity contribution in [1.29, 1.82) is 0 Å². The molecule has 10 heteroatoms. The lowest BCUT2D eigenvalue weighted by molar-refractivity contribution is 0.528. The number of halogens is 2. The monoisotopic (exact) mass is 591 g/mol. The topological polar surface area (TPSA) is 127 Å². The lowest BCUT2D eigenvalue weighted by Crippen LogP contribution is -2.22. The van der Waals surface area contributed by atoms with Crippen LogP contribution in [0.1, 0.15) is 63.1 Å². The first-order chi connectivity index (χ1) is 20.2. The molecule has 2 aromatic heterocycles. The molecule has 2 unspecified atom stereocenters. The normalized spacial score (nSPS) is 15.3. The number of aliphatic imine (C=N–C) groups is 1. The summed E-state index contributed by atoms with van der Waals surface area (Å²) in [5.41, 5.74) is 15.4. The molecule has 1 saturated carbocycles. The van der Waals surface area contributed by atoms with Crippen molar-refractivity contribution in [3.8, 4) is 16.9 Å². The van der Waals surface area contributed by atoms with Crippen molar-refractivity contribution in [3.63, 3.8) is 0 Å². The molecule has 1 fully saturated rings. The van der Waals surface area contributed by atoms with Crippen LogP contribution in [0.15, 0.2) is 58.4 Å². The van der Waals surface area contributed by atoms with Gasteiger partial charge in [-0.3, -0.25) is 9.56 Å². The zero-order valence-corrected chi connectivity index (χ0v) is 24.9. The van der Waals surface area contributed by atoms with E-state index in [1.54, 1.807) is 25.3 Å². The Kier molecular flexibility index (Phi) is 9.40. The summed E-state index contributed by atoms with van der Waals surface area (Å²) in [7, 11) is 0. The third-order valence-corrected chi connectivity index (χ3v) is 8.21. The number of benzene rings is 2. The minimum Gasteiger partial charge on any atom is -0.388 e. The smallest absolute Gasteiger partial charge is 0.354 e. The van der Waals surface area contributed by atoms with E-state index in [9.17, 15) is 4.79 Å². The molecule has 0 amide bonds. The minimum absolute atomic E-state index is 0.0724. The van der Waals surface area contributed by atoms with Gasteiger partial charge in [0.05, 0.1) is 22.2 Å². The standard InChI is InChI=1S/C32H39ClFN7O/c1-19(37-13-4-14-38-20(2)35)22-9-11-25(12-10-22)41-18-24-17-29(39-31(24)40-32(41)42)26-15-21(16-27(33)30(26)34)5-3-6-28(36)23-7-8-23/h9-12,15-19,23,28,37H,3-8,13-14,36H2,1-2H3,(H2,35,38)(H,39,40,42). The van der Waals surface area contributed by atoms with E-state index in [0.29, 0.717) is 46.3 Å². The van der Waals surface area contributed by atoms with Crippen molar-refractivity contribution in [2.24, 2.45) is 22.4 Å². The second-order valence-electron chi connectivity index (χ2n) is 11.4. The van der Waals surface area contributed by atoms with Gasteiger partial charge in [-0.15, -0.1) is 0 Å². The number of nitrogens with one attached hydrogen (secondary N) is 2. The summed E-state index contributed by atoms with van der Waals surface area (Å²) in [4.78, 5) is 24.5.